The molecule has 7 heteroatoms. The zero-order chi connectivity index (χ0) is 26.4. The maximum absolute atomic E-state index is 7.12. The highest BCUT2D eigenvalue weighted by atomic mass is 79.9. The summed E-state index contributed by atoms with van der Waals surface area (Å²) in [4.78, 5) is 0. The predicted octanol–water partition coefficient (Wildman–Crippen LogP) is 11.1. The molecule has 1 heterocycles. The van der Waals surface area contributed by atoms with Gasteiger partial charge in [0.25, 0.3) is 0 Å². The Bertz CT molecular complexity index is 1670. The minimum atomic E-state index is -2.66. The molecular formula is C30H28Br3N2OP. The van der Waals surface area contributed by atoms with Gasteiger partial charge in [0.15, 0.2) is 7.28 Å². The number of rotatable bonds is 5. The standard InChI is InChI=1S/C30H28Br3N2OP/c1-5-35-27-9-7-6-8-24(27)25-19-23(15-16-28(25)35)37(30(2,3)4,34-22-13-10-20(31)11-14-22)36-29-17-12-21(32)18-26(29)33/h6-19H,5H2,1-4H3. The number of fused-ring (bicyclic) bond motifs is 3. The molecule has 1 aromatic heterocycles. The van der Waals surface area contributed by atoms with E-state index in [1.54, 1.807) is 0 Å². The van der Waals surface area contributed by atoms with Gasteiger partial charge in [0.1, 0.15) is 5.75 Å². The first kappa shape index (κ1) is 26.7. The van der Waals surface area contributed by atoms with E-state index in [1.807, 2.05) is 42.5 Å². The van der Waals surface area contributed by atoms with Gasteiger partial charge < -0.3 is 9.09 Å². The number of para-hydroxylation sites is 1. The fourth-order valence-electron chi connectivity index (χ4n) is 4.74. The van der Waals surface area contributed by atoms with Crippen LogP contribution in [0.1, 0.15) is 27.7 Å². The zero-order valence-corrected chi connectivity index (χ0v) is 26.8. The van der Waals surface area contributed by atoms with Crippen LogP contribution < -0.4 is 9.83 Å². The minimum Gasteiger partial charge on any atom is -0.454 e. The van der Waals surface area contributed by atoms with Crippen molar-refractivity contribution in [1.82, 2.24) is 4.57 Å². The molecule has 1 atom stereocenters. The monoisotopic (exact) mass is 700 g/mol. The van der Waals surface area contributed by atoms with Crippen LogP contribution in [0.4, 0.5) is 5.69 Å². The molecule has 0 aliphatic carbocycles. The third kappa shape index (κ3) is 4.98. The minimum absolute atomic E-state index is 0.288. The summed E-state index contributed by atoms with van der Waals surface area (Å²) in [6.07, 6.45) is 0. The highest BCUT2D eigenvalue weighted by Gasteiger charge is 2.39. The molecule has 0 bridgehead atoms. The Morgan fingerprint density at radius 2 is 1.46 bits per heavy atom. The maximum Gasteiger partial charge on any atom is 0.173 e. The second-order valence-corrected chi connectivity index (χ2v) is 16.0. The number of aryl methyl sites for hydroxylation is 1. The van der Waals surface area contributed by atoms with E-state index in [-0.39, 0.29) is 5.16 Å². The molecule has 0 fully saturated rings. The van der Waals surface area contributed by atoms with E-state index in [0.717, 1.165) is 36.7 Å². The first-order chi connectivity index (χ1) is 17.6. The van der Waals surface area contributed by atoms with Gasteiger partial charge in [0.2, 0.25) is 0 Å². The summed E-state index contributed by atoms with van der Waals surface area (Å²) < 4.78 is 17.9. The second kappa shape index (κ2) is 10.4. The Hall–Kier alpha value is -1.85. The Morgan fingerprint density at radius 1 is 0.784 bits per heavy atom. The lowest BCUT2D eigenvalue weighted by molar-refractivity contribution is 0.568. The molecule has 0 saturated heterocycles. The average molecular weight is 703 g/mol. The molecule has 1 unspecified atom stereocenters. The molecule has 5 rings (SSSR count). The van der Waals surface area contributed by atoms with Crippen molar-refractivity contribution < 1.29 is 4.52 Å². The van der Waals surface area contributed by atoms with Gasteiger partial charge in [-0.1, -0.05) is 70.8 Å². The third-order valence-electron chi connectivity index (χ3n) is 6.54. The van der Waals surface area contributed by atoms with Crippen LogP contribution in [-0.4, -0.2) is 9.72 Å². The number of benzene rings is 4. The first-order valence-corrected chi connectivity index (χ1v) is 16.2. The Balaban J connectivity index is 1.85. The SMILES string of the molecule is CCn1c2ccccc2c2cc(P(=Nc3ccc(Br)cc3)(Oc3ccc(Br)cc3Br)C(C)(C)C)ccc21. The number of halogens is 3. The summed E-state index contributed by atoms with van der Waals surface area (Å²) in [6.45, 7) is 9.80. The predicted molar refractivity (Wildman–Crippen MR) is 170 cm³/mol. The summed E-state index contributed by atoms with van der Waals surface area (Å²) in [5, 5.41) is 3.31. The van der Waals surface area contributed by atoms with Gasteiger partial charge in [-0.05, 0) is 89.6 Å². The van der Waals surface area contributed by atoms with Crippen LogP contribution >= 0.6 is 55.1 Å². The molecule has 0 N–H and O–H groups in total. The lowest BCUT2D eigenvalue weighted by atomic mass is 10.1. The van der Waals surface area contributed by atoms with Crippen molar-refractivity contribution >= 4 is 87.9 Å². The van der Waals surface area contributed by atoms with Crippen molar-refractivity contribution in [3.63, 3.8) is 0 Å². The summed E-state index contributed by atoms with van der Waals surface area (Å²) >= 11 is 10.9. The van der Waals surface area contributed by atoms with Crippen LogP contribution in [0.2, 0.25) is 0 Å². The average Bonchev–Trinajstić information content (AvgIpc) is 3.18. The van der Waals surface area contributed by atoms with E-state index < -0.39 is 7.28 Å². The summed E-state index contributed by atoms with van der Waals surface area (Å²) in [5.74, 6) is 0.781. The van der Waals surface area contributed by atoms with Gasteiger partial charge in [-0.15, -0.1) is 0 Å². The molecule has 0 aliphatic heterocycles. The Labute approximate surface area is 243 Å². The van der Waals surface area contributed by atoms with Gasteiger partial charge in [-0.3, -0.25) is 0 Å². The van der Waals surface area contributed by atoms with E-state index in [1.165, 1.54) is 21.8 Å². The molecule has 0 amide bonds. The molecule has 4 aromatic carbocycles. The maximum atomic E-state index is 7.12. The molecule has 5 aromatic rings. The van der Waals surface area contributed by atoms with Gasteiger partial charge in [-0.2, -0.15) is 0 Å². The zero-order valence-electron chi connectivity index (χ0n) is 21.2. The smallest absolute Gasteiger partial charge is 0.173 e. The van der Waals surface area contributed by atoms with Crippen LogP contribution in [0, 0.1) is 0 Å². The largest absolute Gasteiger partial charge is 0.454 e. The van der Waals surface area contributed by atoms with E-state index >= 15 is 0 Å². The van der Waals surface area contributed by atoms with Crippen LogP contribution in [0.25, 0.3) is 21.8 Å². The highest BCUT2D eigenvalue weighted by molar-refractivity contribution is 9.11. The summed E-state index contributed by atoms with van der Waals surface area (Å²) in [5.41, 5.74) is 3.38. The van der Waals surface area contributed by atoms with Crippen molar-refractivity contribution in [2.75, 3.05) is 0 Å². The fourth-order valence-corrected chi connectivity index (χ4v) is 9.35. The molecule has 0 spiro atoms. The van der Waals surface area contributed by atoms with Crippen molar-refractivity contribution in [3.05, 3.63) is 98.3 Å². The topological polar surface area (TPSA) is 26.5 Å². The van der Waals surface area contributed by atoms with Gasteiger partial charge in [-0.25, -0.2) is 4.74 Å². The van der Waals surface area contributed by atoms with Crippen molar-refractivity contribution in [2.45, 2.75) is 39.4 Å². The van der Waals surface area contributed by atoms with Crippen LogP contribution in [0.3, 0.4) is 0 Å². The molecule has 3 nitrogen and oxygen atoms in total. The van der Waals surface area contributed by atoms with Gasteiger partial charge in [0, 0.05) is 47.8 Å². The van der Waals surface area contributed by atoms with E-state index in [4.69, 9.17) is 9.27 Å². The first-order valence-electron chi connectivity index (χ1n) is 12.2. The van der Waals surface area contributed by atoms with E-state index in [2.05, 4.69) is 123 Å². The third-order valence-corrected chi connectivity index (χ3v) is 12.0. The molecule has 0 saturated carbocycles. The quantitative estimate of drug-likeness (QED) is 0.167. The fraction of sp³-hybridized carbons (Fsp3) is 0.200. The summed E-state index contributed by atoms with van der Waals surface area (Å²) in [6, 6.07) is 29.6. The van der Waals surface area contributed by atoms with Crippen molar-refractivity contribution in [2.24, 2.45) is 4.74 Å². The number of nitrogens with zero attached hydrogens (tertiary/aromatic N) is 2. The Kier molecular flexibility index (Phi) is 7.50. The number of aromatic nitrogens is 1. The Morgan fingerprint density at radius 3 is 2.14 bits per heavy atom. The highest BCUT2D eigenvalue weighted by Crippen LogP contribution is 2.63. The molecule has 37 heavy (non-hydrogen) atoms. The lowest BCUT2D eigenvalue weighted by Gasteiger charge is -2.37. The van der Waals surface area contributed by atoms with Gasteiger partial charge >= 0.3 is 0 Å². The molecule has 190 valence electrons. The van der Waals surface area contributed by atoms with E-state index in [0.29, 0.717) is 0 Å². The number of hydrogen-bond acceptors (Lipinski definition) is 2. The van der Waals surface area contributed by atoms with Crippen molar-refractivity contribution in [1.29, 1.82) is 0 Å². The van der Waals surface area contributed by atoms with Crippen molar-refractivity contribution in [3.8, 4) is 5.75 Å². The second-order valence-electron chi connectivity index (χ2n) is 9.95. The van der Waals surface area contributed by atoms with Crippen LogP contribution in [0.15, 0.2) is 103 Å². The normalized spacial score (nSPS) is 13.6. The van der Waals surface area contributed by atoms with Crippen LogP contribution in [-0.2, 0) is 6.54 Å². The van der Waals surface area contributed by atoms with E-state index in [9.17, 15) is 0 Å². The van der Waals surface area contributed by atoms with Gasteiger partial charge in [0.05, 0.1) is 10.2 Å². The van der Waals surface area contributed by atoms with Crippen LogP contribution in [0.5, 0.6) is 5.75 Å². The molecule has 0 aliphatic rings. The lowest BCUT2D eigenvalue weighted by Crippen LogP contribution is -2.27. The summed E-state index contributed by atoms with van der Waals surface area (Å²) in [7, 11) is -2.66. The molecule has 0 radical (unpaired) electrons. The number of hydrogen-bond donors (Lipinski definition) is 0. The molecular weight excluding hydrogens is 675 g/mol.